The Morgan fingerprint density at radius 1 is 0.951 bits per heavy atom. The van der Waals surface area contributed by atoms with E-state index in [-0.39, 0.29) is 29.1 Å². The molecule has 1 saturated heterocycles. The normalized spacial score (nSPS) is 14.7. The summed E-state index contributed by atoms with van der Waals surface area (Å²) < 4.78 is 36.8. The van der Waals surface area contributed by atoms with Crippen molar-refractivity contribution in [2.24, 2.45) is 12.2 Å². The molecule has 0 atom stereocenters. The lowest BCUT2D eigenvalue weighted by Gasteiger charge is -2.32. The first-order valence-corrected chi connectivity index (χ1v) is 14.5. The van der Waals surface area contributed by atoms with Crippen molar-refractivity contribution in [3.63, 3.8) is 0 Å². The molecule has 1 aliphatic rings. The highest BCUT2D eigenvalue weighted by Crippen LogP contribution is 2.38. The molecule has 0 bridgehead atoms. The Morgan fingerprint density at radius 3 is 2.34 bits per heavy atom. The van der Waals surface area contributed by atoms with Crippen LogP contribution >= 0.6 is 12.4 Å². The minimum absolute atomic E-state index is 0. The number of amides is 1. The van der Waals surface area contributed by atoms with Gasteiger partial charge in [0.25, 0.3) is 0 Å². The third kappa shape index (κ3) is 6.11. The molecule has 4 aromatic rings. The van der Waals surface area contributed by atoms with E-state index in [0.717, 1.165) is 48.0 Å². The lowest BCUT2D eigenvalue weighted by atomic mass is 10.1. The first kappa shape index (κ1) is 30.5. The van der Waals surface area contributed by atoms with Crippen LogP contribution in [0.15, 0.2) is 53.4 Å². The molecule has 41 heavy (non-hydrogen) atoms. The molecule has 2 N–H and O–H groups in total. The minimum Gasteiger partial charge on any atom is -0.481 e. The summed E-state index contributed by atoms with van der Waals surface area (Å²) in [6, 6.07) is 14.0. The quantitative estimate of drug-likeness (QED) is 0.326. The first-order chi connectivity index (χ1) is 19.1. The number of carbonyl (C=O) groups excluding carboxylic acids is 1. The number of hydrogen-bond donors (Lipinski definition) is 1. The Kier molecular flexibility index (Phi) is 9.10. The highest BCUT2D eigenvalue weighted by atomic mass is 35.5. The molecule has 0 aliphatic carbocycles. The van der Waals surface area contributed by atoms with Crippen LogP contribution in [0.3, 0.4) is 0 Å². The number of carbonyl (C=O) groups is 1. The van der Waals surface area contributed by atoms with Crippen LogP contribution < -0.4 is 19.5 Å². The maximum Gasteiger partial charge on any atom is 0.241 e. The van der Waals surface area contributed by atoms with Crippen molar-refractivity contribution in [2.75, 3.05) is 58.9 Å². The summed E-state index contributed by atoms with van der Waals surface area (Å²) in [4.78, 5) is 24.6. The molecule has 0 unspecified atom stereocenters. The maximum absolute atomic E-state index is 13.9. The number of fused-ring (bicyclic) bond motifs is 3. The van der Waals surface area contributed by atoms with Gasteiger partial charge in [-0.2, -0.15) is 4.98 Å². The van der Waals surface area contributed by atoms with Crippen molar-refractivity contribution in [2.45, 2.75) is 11.3 Å². The van der Waals surface area contributed by atoms with E-state index in [9.17, 15) is 13.2 Å². The van der Waals surface area contributed by atoms with E-state index < -0.39 is 10.0 Å². The molecule has 0 spiro atoms. The third-order valence-electron chi connectivity index (χ3n) is 7.49. The summed E-state index contributed by atoms with van der Waals surface area (Å²) >= 11 is 0. The number of ether oxygens (including phenoxy) is 2. The number of nitrogens with zero attached hydrogens (tertiary/aromatic N) is 5. The highest BCUT2D eigenvalue weighted by molar-refractivity contribution is 7.89. The van der Waals surface area contributed by atoms with Crippen molar-refractivity contribution in [1.82, 2.24) is 19.4 Å². The zero-order valence-electron chi connectivity index (χ0n) is 23.5. The van der Waals surface area contributed by atoms with Crippen molar-refractivity contribution in [3.05, 3.63) is 48.5 Å². The van der Waals surface area contributed by atoms with Gasteiger partial charge in [0.05, 0.1) is 30.3 Å². The second kappa shape index (κ2) is 12.2. The molecule has 1 aliphatic heterocycles. The maximum atomic E-state index is 13.9. The van der Waals surface area contributed by atoms with E-state index in [2.05, 4.69) is 21.8 Å². The molecule has 5 rings (SSSR count). The standard InChI is InChI=1S/C28H34N6O5S.ClH/c1-31-13-15-33(16-14-31)12-11-27(35)34(24-9-10-26(38-3)30-28(24)39-4)19-5-7-21-22-18-20(40(29,36)37)6-8-23(22)32(2)25(21)17-19;/h5-10,17-18H,11-16H2,1-4H3,(H2,29,36,37);1H. The van der Waals surface area contributed by atoms with Crippen LogP contribution in [-0.2, 0) is 21.9 Å². The minimum atomic E-state index is -3.85. The second-order valence-corrected chi connectivity index (χ2v) is 11.6. The van der Waals surface area contributed by atoms with Crippen LogP contribution in [0.5, 0.6) is 11.8 Å². The number of halogens is 1. The van der Waals surface area contributed by atoms with Crippen LogP contribution in [0.4, 0.5) is 11.4 Å². The summed E-state index contributed by atoms with van der Waals surface area (Å²) in [5.74, 6) is 0.543. The van der Waals surface area contributed by atoms with Gasteiger partial charge in [0, 0.05) is 68.5 Å². The molecule has 2 aromatic heterocycles. The number of aromatic nitrogens is 2. The molecule has 3 heterocycles. The van der Waals surface area contributed by atoms with Crippen molar-refractivity contribution < 1.29 is 22.7 Å². The summed E-state index contributed by atoms with van der Waals surface area (Å²) in [5, 5.41) is 6.99. The zero-order valence-corrected chi connectivity index (χ0v) is 25.2. The average molecular weight is 603 g/mol. The smallest absolute Gasteiger partial charge is 0.241 e. The van der Waals surface area contributed by atoms with Gasteiger partial charge in [-0.15, -0.1) is 12.4 Å². The first-order valence-electron chi connectivity index (χ1n) is 13.0. The van der Waals surface area contributed by atoms with Crippen LogP contribution in [-0.4, -0.2) is 87.7 Å². The number of nitrogens with two attached hydrogens (primary N) is 1. The van der Waals surface area contributed by atoms with Gasteiger partial charge < -0.3 is 23.8 Å². The van der Waals surface area contributed by atoms with Gasteiger partial charge in [0.2, 0.25) is 27.7 Å². The summed E-state index contributed by atoms with van der Waals surface area (Å²) in [5.41, 5.74) is 2.81. The number of rotatable bonds is 8. The van der Waals surface area contributed by atoms with E-state index in [0.29, 0.717) is 30.2 Å². The molecule has 0 saturated carbocycles. The molecule has 1 fully saturated rings. The summed E-state index contributed by atoms with van der Waals surface area (Å²) in [7, 11) is 3.18. The molecule has 2 aromatic carbocycles. The van der Waals surface area contributed by atoms with Crippen LogP contribution in [0, 0.1) is 0 Å². The van der Waals surface area contributed by atoms with Crippen molar-refractivity contribution in [1.29, 1.82) is 0 Å². The molecule has 11 nitrogen and oxygen atoms in total. The van der Waals surface area contributed by atoms with Crippen molar-refractivity contribution in [3.8, 4) is 11.8 Å². The van der Waals surface area contributed by atoms with E-state index in [1.54, 1.807) is 29.2 Å². The number of sulfonamides is 1. The monoisotopic (exact) mass is 602 g/mol. The predicted octanol–water partition coefficient (Wildman–Crippen LogP) is 3.12. The number of anilines is 2. The molecule has 0 radical (unpaired) electrons. The average Bonchev–Trinajstić information content (AvgIpc) is 3.23. The zero-order chi connectivity index (χ0) is 28.6. The number of primary sulfonamides is 1. The number of aryl methyl sites for hydroxylation is 1. The molecule has 1 amide bonds. The van der Waals surface area contributed by atoms with Gasteiger partial charge in [-0.05, 0) is 43.4 Å². The van der Waals surface area contributed by atoms with Gasteiger partial charge in [0.1, 0.15) is 5.69 Å². The van der Waals surface area contributed by atoms with Gasteiger partial charge in [-0.3, -0.25) is 9.69 Å². The molecule has 220 valence electrons. The van der Waals surface area contributed by atoms with E-state index in [1.807, 2.05) is 29.8 Å². The lowest BCUT2D eigenvalue weighted by molar-refractivity contribution is -0.118. The van der Waals surface area contributed by atoms with Gasteiger partial charge in [0.15, 0.2) is 0 Å². The number of pyridine rings is 1. The van der Waals surface area contributed by atoms with Crippen molar-refractivity contribution >= 4 is 61.5 Å². The topological polar surface area (TPSA) is 123 Å². The Labute approximate surface area is 245 Å². The van der Waals surface area contributed by atoms with Crippen LogP contribution in [0.1, 0.15) is 6.42 Å². The SMILES string of the molecule is COc1ccc(N(C(=O)CCN2CCN(C)CC2)c2ccc3c4cc(S(N)(=O)=O)ccc4n(C)c3c2)c(OC)n1.Cl. The summed E-state index contributed by atoms with van der Waals surface area (Å²) in [6.45, 7) is 4.42. The van der Waals surface area contributed by atoms with E-state index in [4.69, 9.17) is 14.6 Å². The Morgan fingerprint density at radius 2 is 1.68 bits per heavy atom. The van der Waals surface area contributed by atoms with Gasteiger partial charge in [-0.25, -0.2) is 13.6 Å². The second-order valence-electron chi connectivity index (χ2n) is 9.99. The number of hydrogen-bond acceptors (Lipinski definition) is 8. The summed E-state index contributed by atoms with van der Waals surface area (Å²) in [6.07, 6.45) is 0.309. The number of piperazine rings is 1. The fourth-order valence-electron chi connectivity index (χ4n) is 5.20. The van der Waals surface area contributed by atoms with Crippen LogP contribution in [0.2, 0.25) is 0 Å². The fraction of sp³-hybridized carbons (Fsp3) is 0.357. The Balaban J connectivity index is 0.00000387. The third-order valence-corrected chi connectivity index (χ3v) is 8.41. The lowest BCUT2D eigenvalue weighted by Crippen LogP contribution is -2.45. The molecule has 13 heteroatoms. The fourth-order valence-corrected chi connectivity index (χ4v) is 5.74. The number of benzene rings is 2. The van der Waals surface area contributed by atoms with Gasteiger partial charge in [-0.1, -0.05) is 6.07 Å². The predicted molar refractivity (Wildman–Crippen MR) is 162 cm³/mol. The van der Waals surface area contributed by atoms with Crippen LogP contribution in [0.25, 0.3) is 21.8 Å². The molecular weight excluding hydrogens is 568 g/mol. The molecular formula is C28H35ClN6O5S. The Hall–Kier alpha value is -3.42. The Bertz CT molecular complexity index is 1680. The van der Waals surface area contributed by atoms with E-state index >= 15 is 0 Å². The largest absolute Gasteiger partial charge is 0.481 e. The van der Waals surface area contributed by atoms with E-state index in [1.165, 1.54) is 20.3 Å². The number of methoxy groups -OCH3 is 2. The highest BCUT2D eigenvalue weighted by Gasteiger charge is 2.25. The number of likely N-dealkylation sites (N-methyl/N-ethyl adjacent to an activating group) is 1. The van der Waals surface area contributed by atoms with Gasteiger partial charge >= 0.3 is 0 Å².